The van der Waals surface area contributed by atoms with Crippen molar-refractivity contribution in [2.24, 2.45) is 0 Å². The standard InChI is InChI=1S/C17H17N5OS/c1-12-6-8-13(9-7-12)22-17(18-19-20-22)14(11-21(2)3)16(23)15-5-4-10-24-15/h4-11H,1-3H3. The number of nitrogens with zero attached hydrogens (tertiary/aromatic N) is 5. The Bertz CT molecular complexity index is 863. The first-order valence-electron chi connectivity index (χ1n) is 7.38. The van der Waals surface area contributed by atoms with Crippen molar-refractivity contribution in [3.05, 3.63) is 64.2 Å². The van der Waals surface area contributed by atoms with Gasteiger partial charge in [-0.05, 0) is 40.9 Å². The maximum Gasteiger partial charge on any atom is 0.208 e. The molecule has 0 bridgehead atoms. The van der Waals surface area contributed by atoms with Gasteiger partial charge < -0.3 is 4.90 Å². The van der Waals surface area contributed by atoms with Crippen LogP contribution in [-0.4, -0.2) is 45.0 Å². The fourth-order valence-corrected chi connectivity index (χ4v) is 2.91. The van der Waals surface area contributed by atoms with E-state index in [1.165, 1.54) is 11.3 Å². The first kappa shape index (κ1) is 16.1. The summed E-state index contributed by atoms with van der Waals surface area (Å²) in [5.74, 6) is 0.327. The van der Waals surface area contributed by atoms with E-state index in [0.717, 1.165) is 11.3 Å². The van der Waals surface area contributed by atoms with Crippen LogP contribution >= 0.6 is 11.3 Å². The average Bonchev–Trinajstić information content (AvgIpc) is 3.24. The van der Waals surface area contributed by atoms with Gasteiger partial charge in [-0.15, -0.1) is 16.4 Å². The van der Waals surface area contributed by atoms with Crippen molar-refractivity contribution in [1.29, 1.82) is 0 Å². The number of tetrazole rings is 1. The lowest BCUT2D eigenvalue weighted by Gasteiger charge is -2.11. The first-order valence-corrected chi connectivity index (χ1v) is 8.26. The first-order chi connectivity index (χ1) is 11.6. The van der Waals surface area contributed by atoms with Crippen molar-refractivity contribution in [2.75, 3.05) is 14.1 Å². The van der Waals surface area contributed by atoms with Gasteiger partial charge >= 0.3 is 0 Å². The Kier molecular flexibility index (Phi) is 4.52. The van der Waals surface area contributed by atoms with E-state index in [9.17, 15) is 4.79 Å². The normalized spacial score (nSPS) is 11.5. The number of aromatic nitrogens is 4. The van der Waals surface area contributed by atoms with Crippen LogP contribution in [-0.2, 0) is 0 Å². The largest absolute Gasteiger partial charge is 0.383 e. The van der Waals surface area contributed by atoms with Gasteiger partial charge in [-0.3, -0.25) is 4.79 Å². The molecular weight excluding hydrogens is 322 g/mol. The van der Waals surface area contributed by atoms with Crippen molar-refractivity contribution >= 4 is 22.7 Å². The third-order valence-electron chi connectivity index (χ3n) is 3.37. The topological polar surface area (TPSA) is 63.9 Å². The molecule has 0 aliphatic heterocycles. The average molecular weight is 339 g/mol. The summed E-state index contributed by atoms with van der Waals surface area (Å²) in [5, 5.41) is 13.8. The highest BCUT2D eigenvalue weighted by atomic mass is 32.1. The minimum Gasteiger partial charge on any atom is -0.383 e. The van der Waals surface area contributed by atoms with Crippen molar-refractivity contribution in [2.45, 2.75) is 6.92 Å². The van der Waals surface area contributed by atoms with Gasteiger partial charge in [0.15, 0.2) is 5.82 Å². The van der Waals surface area contributed by atoms with Crippen LogP contribution in [0.3, 0.4) is 0 Å². The molecule has 0 saturated carbocycles. The zero-order chi connectivity index (χ0) is 17.1. The smallest absolute Gasteiger partial charge is 0.208 e. The van der Waals surface area contributed by atoms with Crippen LogP contribution in [0.5, 0.6) is 0 Å². The molecule has 0 fully saturated rings. The molecule has 0 radical (unpaired) electrons. The van der Waals surface area contributed by atoms with Crippen molar-refractivity contribution in [3.63, 3.8) is 0 Å². The van der Waals surface area contributed by atoms with Crippen LogP contribution in [0.4, 0.5) is 0 Å². The summed E-state index contributed by atoms with van der Waals surface area (Å²) in [7, 11) is 3.73. The number of rotatable bonds is 5. The lowest BCUT2D eigenvalue weighted by molar-refractivity contribution is 0.105. The van der Waals surface area contributed by atoms with Crippen LogP contribution in [0.15, 0.2) is 48.0 Å². The Morgan fingerprint density at radius 1 is 1.21 bits per heavy atom. The molecule has 2 aromatic heterocycles. The predicted molar refractivity (Wildman–Crippen MR) is 94.2 cm³/mol. The lowest BCUT2D eigenvalue weighted by Crippen LogP contribution is -2.13. The number of ketones is 1. The number of benzene rings is 1. The zero-order valence-corrected chi connectivity index (χ0v) is 14.5. The lowest BCUT2D eigenvalue weighted by atomic mass is 10.1. The minimum absolute atomic E-state index is 0.0955. The molecule has 7 heteroatoms. The van der Waals surface area contributed by atoms with Gasteiger partial charge in [-0.25, -0.2) is 0 Å². The van der Waals surface area contributed by atoms with E-state index in [1.807, 2.05) is 61.6 Å². The highest BCUT2D eigenvalue weighted by Crippen LogP contribution is 2.23. The second kappa shape index (κ2) is 6.76. The molecule has 24 heavy (non-hydrogen) atoms. The summed E-state index contributed by atoms with van der Waals surface area (Å²) in [5.41, 5.74) is 2.41. The molecule has 0 aliphatic rings. The predicted octanol–water partition coefficient (Wildman–Crippen LogP) is 2.82. The number of thiophene rings is 1. The zero-order valence-electron chi connectivity index (χ0n) is 13.7. The summed E-state index contributed by atoms with van der Waals surface area (Å²) in [4.78, 5) is 15.4. The van der Waals surface area contributed by atoms with Gasteiger partial charge in [0.1, 0.15) is 0 Å². The monoisotopic (exact) mass is 339 g/mol. The molecule has 0 spiro atoms. The molecule has 6 nitrogen and oxygen atoms in total. The summed E-state index contributed by atoms with van der Waals surface area (Å²) in [6, 6.07) is 11.5. The van der Waals surface area contributed by atoms with Crippen LogP contribution in [0, 0.1) is 6.92 Å². The SMILES string of the molecule is Cc1ccc(-n2nnnc2C(=CN(C)C)C(=O)c2cccs2)cc1. The van der Waals surface area contributed by atoms with E-state index in [0.29, 0.717) is 16.3 Å². The van der Waals surface area contributed by atoms with Gasteiger partial charge in [-0.2, -0.15) is 4.68 Å². The highest BCUT2D eigenvalue weighted by Gasteiger charge is 2.22. The molecule has 0 atom stereocenters. The number of carbonyl (C=O) groups excluding carboxylic acids is 1. The van der Waals surface area contributed by atoms with E-state index >= 15 is 0 Å². The molecule has 0 aliphatic carbocycles. The van der Waals surface area contributed by atoms with Gasteiger partial charge in [0.2, 0.25) is 5.78 Å². The number of Topliss-reactive ketones (excluding diaryl/α,β-unsaturated/α-hetero) is 1. The second-order valence-corrected chi connectivity index (χ2v) is 6.51. The molecule has 0 unspecified atom stereocenters. The Morgan fingerprint density at radius 3 is 2.58 bits per heavy atom. The number of carbonyl (C=O) groups is 1. The quantitative estimate of drug-likeness (QED) is 0.528. The number of hydrogen-bond acceptors (Lipinski definition) is 6. The van der Waals surface area contributed by atoms with E-state index in [-0.39, 0.29) is 5.78 Å². The van der Waals surface area contributed by atoms with E-state index in [1.54, 1.807) is 16.9 Å². The summed E-state index contributed by atoms with van der Waals surface area (Å²) in [6.07, 6.45) is 1.75. The maximum atomic E-state index is 12.9. The Hall–Kier alpha value is -2.80. The summed E-state index contributed by atoms with van der Waals surface area (Å²) >= 11 is 1.40. The van der Waals surface area contributed by atoms with Crippen LogP contribution < -0.4 is 0 Å². The van der Waals surface area contributed by atoms with Crippen LogP contribution in [0.1, 0.15) is 21.1 Å². The summed E-state index contributed by atoms with van der Waals surface area (Å²) < 4.78 is 1.58. The van der Waals surface area contributed by atoms with Crippen molar-refractivity contribution < 1.29 is 4.79 Å². The fraction of sp³-hybridized carbons (Fsp3) is 0.176. The van der Waals surface area contributed by atoms with Gasteiger partial charge in [0.25, 0.3) is 0 Å². The van der Waals surface area contributed by atoms with Crippen LogP contribution in [0.2, 0.25) is 0 Å². The maximum absolute atomic E-state index is 12.9. The number of allylic oxidation sites excluding steroid dienone is 1. The van der Waals surface area contributed by atoms with Gasteiger partial charge in [0.05, 0.1) is 16.1 Å². The molecule has 3 rings (SSSR count). The molecule has 1 aromatic carbocycles. The van der Waals surface area contributed by atoms with Crippen molar-refractivity contribution in [1.82, 2.24) is 25.1 Å². The molecule has 0 amide bonds. The van der Waals surface area contributed by atoms with E-state index < -0.39 is 0 Å². The highest BCUT2D eigenvalue weighted by molar-refractivity contribution is 7.12. The molecule has 3 aromatic rings. The number of aryl methyl sites for hydroxylation is 1. The molecular formula is C17H17N5OS. The fourth-order valence-electron chi connectivity index (χ4n) is 2.23. The molecule has 2 heterocycles. The van der Waals surface area contributed by atoms with Crippen LogP contribution in [0.25, 0.3) is 11.3 Å². The Morgan fingerprint density at radius 2 is 1.96 bits per heavy atom. The van der Waals surface area contributed by atoms with Crippen molar-refractivity contribution in [3.8, 4) is 5.69 Å². The summed E-state index contributed by atoms with van der Waals surface area (Å²) in [6.45, 7) is 2.02. The van der Waals surface area contributed by atoms with Gasteiger partial charge in [-0.1, -0.05) is 23.8 Å². The molecule has 0 saturated heterocycles. The third kappa shape index (κ3) is 3.26. The molecule has 0 N–H and O–H groups in total. The molecule has 122 valence electrons. The second-order valence-electron chi connectivity index (χ2n) is 5.56. The van der Waals surface area contributed by atoms with E-state index in [2.05, 4.69) is 15.5 Å². The Labute approximate surface area is 144 Å². The minimum atomic E-state index is -0.0955. The number of hydrogen-bond donors (Lipinski definition) is 0. The third-order valence-corrected chi connectivity index (χ3v) is 4.23. The Balaban J connectivity index is 2.09. The van der Waals surface area contributed by atoms with E-state index in [4.69, 9.17) is 0 Å². The van der Waals surface area contributed by atoms with Gasteiger partial charge in [0, 0.05) is 20.3 Å².